The number of halogens is 1. The van der Waals surface area contributed by atoms with Crippen LogP contribution in [0.2, 0.25) is 5.15 Å². The van der Waals surface area contributed by atoms with Gasteiger partial charge in [-0.15, -0.1) is 0 Å². The molecule has 3 N–H and O–H groups in total. The fourth-order valence-corrected chi connectivity index (χ4v) is 4.08. The molecule has 0 saturated carbocycles. The number of hydrogen-bond acceptors (Lipinski definition) is 5. The smallest absolute Gasteiger partial charge is 0.247 e. The normalized spacial score (nSPS) is 16.9. The van der Waals surface area contributed by atoms with E-state index in [1.54, 1.807) is 19.1 Å². The molecule has 1 aliphatic heterocycles. The Bertz CT molecular complexity index is 1050. The van der Waals surface area contributed by atoms with E-state index in [4.69, 9.17) is 11.6 Å². The van der Waals surface area contributed by atoms with Crippen LogP contribution in [0.1, 0.15) is 32.3 Å². The molecule has 1 aromatic carbocycles. The molecule has 1 saturated heterocycles. The summed E-state index contributed by atoms with van der Waals surface area (Å²) in [4.78, 5) is 56.0. The molecule has 9 nitrogen and oxygen atoms in total. The van der Waals surface area contributed by atoms with Crippen molar-refractivity contribution in [1.82, 2.24) is 20.5 Å². The average molecular weight is 486 g/mol. The molecule has 2 heterocycles. The quantitative estimate of drug-likeness (QED) is 0.493. The van der Waals surface area contributed by atoms with E-state index in [1.807, 2.05) is 30.3 Å². The molecule has 34 heavy (non-hydrogen) atoms. The van der Waals surface area contributed by atoms with Gasteiger partial charge in [0.05, 0.1) is 5.69 Å². The number of nitrogens with zero attached hydrogens (tertiary/aromatic N) is 2. The highest BCUT2D eigenvalue weighted by molar-refractivity contribution is 6.32. The van der Waals surface area contributed by atoms with E-state index in [9.17, 15) is 19.2 Å². The fourth-order valence-electron chi connectivity index (χ4n) is 3.92. The van der Waals surface area contributed by atoms with Gasteiger partial charge in [-0.3, -0.25) is 19.2 Å². The summed E-state index contributed by atoms with van der Waals surface area (Å²) in [5.74, 6) is -1.55. The summed E-state index contributed by atoms with van der Waals surface area (Å²) in [6, 6.07) is 10.2. The van der Waals surface area contributed by atoms with Gasteiger partial charge in [0, 0.05) is 26.1 Å². The van der Waals surface area contributed by atoms with Crippen molar-refractivity contribution in [3.05, 3.63) is 59.4 Å². The summed E-state index contributed by atoms with van der Waals surface area (Å²) in [6.07, 6.45) is 2.91. The predicted octanol–water partition coefficient (Wildman–Crippen LogP) is 1.92. The van der Waals surface area contributed by atoms with E-state index in [-0.39, 0.29) is 29.3 Å². The number of hydrogen-bond donors (Lipinski definition) is 3. The summed E-state index contributed by atoms with van der Waals surface area (Å²) < 4.78 is 0. The zero-order valence-electron chi connectivity index (χ0n) is 19.1. The van der Waals surface area contributed by atoms with Gasteiger partial charge in [-0.25, -0.2) is 4.98 Å². The lowest BCUT2D eigenvalue weighted by molar-refractivity contribution is -0.140. The number of carbonyl (C=O) groups is 4. The number of rotatable bonds is 8. The topological polar surface area (TPSA) is 121 Å². The minimum Gasteiger partial charge on any atom is -0.345 e. The van der Waals surface area contributed by atoms with E-state index in [1.165, 1.54) is 18.0 Å². The van der Waals surface area contributed by atoms with Crippen LogP contribution < -0.4 is 16.0 Å². The molecular formula is C24H28ClN5O4. The first-order chi connectivity index (χ1) is 16.3. The molecule has 10 heteroatoms. The summed E-state index contributed by atoms with van der Waals surface area (Å²) in [5, 5.41) is 8.18. The van der Waals surface area contributed by atoms with Crippen LogP contribution in [0.4, 0.5) is 5.69 Å². The number of benzene rings is 1. The zero-order valence-corrected chi connectivity index (χ0v) is 19.8. The number of nitrogens with one attached hydrogen (secondary N) is 3. The van der Waals surface area contributed by atoms with Gasteiger partial charge in [0.2, 0.25) is 23.6 Å². The molecule has 4 amide bonds. The lowest BCUT2D eigenvalue weighted by atomic mass is 10.0. The number of carbonyl (C=O) groups excluding carboxylic acids is 4. The number of amides is 4. The third-order valence-corrected chi connectivity index (χ3v) is 5.87. The average Bonchev–Trinajstić information content (AvgIpc) is 3.30. The zero-order chi connectivity index (χ0) is 24.7. The monoisotopic (exact) mass is 485 g/mol. The summed E-state index contributed by atoms with van der Waals surface area (Å²) in [7, 11) is 0. The van der Waals surface area contributed by atoms with Gasteiger partial charge in [-0.05, 0) is 37.5 Å². The molecule has 0 bridgehead atoms. The Kier molecular flexibility index (Phi) is 8.59. The molecule has 0 spiro atoms. The van der Waals surface area contributed by atoms with Crippen molar-refractivity contribution in [1.29, 1.82) is 0 Å². The Balaban J connectivity index is 1.77. The van der Waals surface area contributed by atoms with E-state index < -0.39 is 24.0 Å². The van der Waals surface area contributed by atoms with Crippen LogP contribution in [0.15, 0.2) is 48.7 Å². The number of anilines is 1. The fraction of sp³-hybridized carbons (Fsp3) is 0.375. The number of aromatic nitrogens is 1. The molecule has 0 radical (unpaired) electrons. The van der Waals surface area contributed by atoms with E-state index in [0.29, 0.717) is 25.1 Å². The molecule has 3 atom stereocenters. The van der Waals surface area contributed by atoms with Crippen LogP contribution in [0.5, 0.6) is 0 Å². The Morgan fingerprint density at radius 2 is 1.85 bits per heavy atom. The largest absolute Gasteiger partial charge is 0.345 e. The number of pyridine rings is 1. The minimum absolute atomic E-state index is 0.160. The molecule has 3 rings (SSSR count). The van der Waals surface area contributed by atoms with Gasteiger partial charge >= 0.3 is 0 Å². The molecule has 180 valence electrons. The SMILES string of the molecule is CC(=O)N[C@@H](C)C(=O)N[C@@H](Cc1ccccc1)C(=O)N1CCC[C@H]1C(=O)Nc1cccnc1Cl. The lowest BCUT2D eigenvalue weighted by Gasteiger charge is -2.29. The summed E-state index contributed by atoms with van der Waals surface area (Å²) in [5.41, 5.74) is 1.22. The molecule has 1 aromatic heterocycles. The van der Waals surface area contributed by atoms with Gasteiger partial charge in [-0.1, -0.05) is 41.9 Å². The van der Waals surface area contributed by atoms with E-state index in [2.05, 4.69) is 20.9 Å². The van der Waals surface area contributed by atoms with Crippen LogP contribution in [-0.4, -0.2) is 58.2 Å². The standard InChI is InChI=1S/C24H28ClN5O4/c1-15(27-16(2)31)22(32)29-19(14-17-8-4-3-5-9-17)24(34)30-13-7-11-20(30)23(33)28-18-10-6-12-26-21(18)25/h3-6,8-10,12,15,19-20H,7,11,13-14H2,1-2H3,(H,27,31)(H,28,33)(H,29,32)/t15-,19-,20-/m0/s1. The summed E-state index contributed by atoms with van der Waals surface area (Å²) >= 11 is 6.05. The van der Waals surface area contributed by atoms with Crippen molar-refractivity contribution >= 4 is 40.9 Å². The second kappa shape index (κ2) is 11.6. The van der Waals surface area contributed by atoms with Crippen LogP contribution in [-0.2, 0) is 25.6 Å². The Hall–Kier alpha value is -3.46. The second-order valence-electron chi connectivity index (χ2n) is 8.19. The second-order valence-corrected chi connectivity index (χ2v) is 8.55. The lowest BCUT2D eigenvalue weighted by Crippen LogP contribution is -2.56. The predicted molar refractivity (Wildman–Crippen MR) is 128 cm³/mol. The maximum absolute atomic E-state index is 13.6. The third-order valence-electron chi connectivity index (χ3n) is 5.57. The van der Waals surface area contributed by atoms with Crippen molar-refractivity contribution in [2.45, 2.75) is 51.2 Å². The van der Waals surface area contributed by atoms with Crippen LogP contribution >= 0.6 is 11.6 Å². The highest BCUT2D eigenvalue weighted by atomic mass is 35.5. The van der Waals surface area contributed by atoms with Gasteiger partial charge in [0.25, 0.3) is 0 Å². The van der Waals surface area contributed by atoms with Gasteiger partial charge < -0.3 is 20.9 Å². The molecular weight excluding hydrogens is 458 g/mol. The Labute approximate surface area is 203 Å². The molecule has 1 fully saturated rings. The van der Waals surface area contributed by atoms with E-state index >= 15 is 0 Å². The van der Waals surface area contributed by atoms with Gasteiger partial charge in [0.15, 0.2) is 5.15 Å². The first kappa shape index (κ1) is 25.2. The molecule has 1 aliphatic rings. The van der Waals surface area contributed by atoms with Crippen LogP contribution in [0.25, 0.3) is 0 Å². The van der Waals surface area contributed by atoms with Crippen molar-refractivity contribution < 1.29 is 19.2 Å². The van der Waals surface area contributed by atoms with E-state index in [0.717, 1.165) is 5.56 Å². The number of likely N-dealkylation sites (tertiary alicyclic amines) is 1. The minimum atomic E-state index is -0.901. The van der Waals surface area contributed by atoms with Crippen molar-refractivity contribution in [2.75, 3.05) is 11.9 Å². The summed E-state index contributed by atoms with van der Waals surface area (Å²) in [6.45, 7) is 3.25. The highest BCUT2D eigenvalue weighted by Gasteiger charge is 2.38. The van der Waals surface area contributed by atoms with Crippen LogP contribution in [0.3, 0.4) is 0 Å². The third kappa shape index (κ3) is 6.54. The van der Waals surface area contributed by atoms with Gasteiger partial charge in [0.1, 0.15) is 18.1 Å². The van der Waals surface area contributed by atoms with Crippen molar-refractivity contribution in [3.63, 3.8) is 0 Å². The van der Waals surface area contributed by atoms with Crippen molar-refractivity contribution in [3.8, 4) is 0 Å². The first-order valence-corrected chi connectivity index (χ1v) is 11.5. The van der Waals surface area contributed by atoms with Crippen LogP contribution in [0, 0.1) is 0 Å². The van der Waals surface area contributed by atoms with Gasteiger partial charge in [-0.2, -0.15) is 0 Å². The Morgan fingerprint density at radius 3 is 2.53 bits per heavy atom. The van der Waals surface area contributed by atoms with Crippen molar-refractivity contribution in [2.24, 2.45) is 0 Å². The maximum atomic E-state index is 13.6. The Morgan fingerprint density at radius 1 is 1.12 bits per heavy atom. The molecule has 2 aromatic rings. The molecule has 0 unspecified atom stereocenters. The maximum Gasteiger partial charge on any atom is 0.247 e. The highest BCUT2D eigenvalue weighted by Crippen LogP contribution is 2.23. The molecule has 0 aliphatic carbocycles. The first-order valence-electron chi connectivity index (χ1n) is 11.1.